The summed E-state index contributed by atoms with van der Waals surface area (Å²) in [5.74, 6) is -0.205. The van der Waals surface area contributed by atoms with Gasteiger partial charge in [0.1, 0.15) is 18.3 Å². The van der Waals surface area contributed by atoms with E-state index >= 15 is 0 Å². The summed E-state index contributed by atoms with van der Waals surface area (Å²) < 4.78 is 7.28. The molecule has 4 atom stereocenters. The number of imidazole rings is 1. The maximum Gasteiger partial charge on any atom is 0.332 e. The molecule has 6 N–H and O–H groups in total. The molecule has 1 saturated heterocycles. The number of aryl methyl sites for hydroxylation is 1. The van der Waals surface area contributed by atoms with Crippen molar-refractivity contribution in [1.29, 1.82) is 0 Å². The summed E-state index contributed by atoms with van der Waals surface area (Å²) in [5, 5.41) is 29.0. The van der Waals surface area contributed by atoms with Gasteiger partial charge in [-0.3, -0.25) is 14.3 Å². The van der Waals surface area contributed by atoms with Crippen LogP contribution >= 0.6 is 0 Å². The van der Waals surface area contributed by atoms with Gasteiger partial charge in [-0.25, -0.2) is 9.36 Å². The van der Waals surface area contributed by atoms with E-state index in [1.165, 1.54) is 7.05 Å². The molecule has 0 aliphatic carbocycles. The minimum Gasteiger partial charge on any atom is -0.394 e. The first kappa shape index (κ1) is 14.7. The minimum atomic E-state index is -1.47. The zero-order valence-corrected chi connectivity index (χ0v) is 11.5. The highest BCUT2D eigenvalue weighted by Gasteiger charge is 2.45. The topological polar surface area (TPSA) is 169 Å². The van der Waals surface area contributed by atoms with Gasteiger partial charge >= 0.3 is 5.69 Å². The molecule has 11 heteroatoms. The van der Waals surface area contributed by atoms with E-state index in [-0.39, 0.29) is 17.1 Å². The normalized spacial score (nSPS) is 28.5. The first-order chi connectivity index (χ1) is 10.4. The van der Waals surface area contributed by atoms with Crippen LogP contribution < -0.4 is 17.0 Å². The van der Waals surface area contributed by atoms with E-state index in [0.29, 0.717) is 0 Å². The molecule has 3 heterocycles. The molecule has 0 spiro atoms. The van der Waals surface area contributed by atoms with Crippen molar-refractivity contribution in [3.05, 3.63) is 20.8 Å². The minimum absolute atomic E-state index is 0.0445. The van der Waals surface area contributed by atoms with Crippen LogP contribution in [0.1, 0.15) is 6.23 Å². The number of fused-ring (bicyclic) bond motifs is 1. The Labute approximate surface area is 122 Å². The predicted molar refractivity (Wildman–Crippen MR) is 73.0 cm³/mol. The molecule has 2 aromatic heterocycles. The Balaban J connectivity index is 2.26. The van der Waals surface area contributed by atoms with Gasteiger partial charge in [0.05, 0.1) is 6.61 Å². The van der Waals surface area contributed by atoms with Crippen molar-refractivity contribution < 1.29 is 20.1 Å². The second-order valence-electron chi connectivity index (χ2n) is 5.06. The van der Waals surface area contributed by atoms with Gasteiger partial charge in [0.2, 0.25) is 5.95 Å². The van der Waals surface area contributed by atoms with Crippen LogP contribution in [0.5, 0.6) is 0 Å². The monoisotopic (exact) mass is 313 g/mol. The second-order valence-corrected chi connectivity index (χ2v) is 5.06. The third-order valence-corrected chi connectivity index (χ3v) is 3.72. The average molecular weight is 313 g/mol. The van der Waals surface area contributed by atoms with Gasteiger partial charge in [0, 0.05) is 7.05 Å². The van der Waals surface area contributed by atoms with Crippen molar-refractivity contribution in [3.8, 4) is 0 Å². The number of nitrogens with zero attached hydrogens (tertiary/aromatic N) is 3. The highest BCUT2D eigenvalue weighted by Crippen LogP contribution is 2.29. The number of nitrogens with one attached hydrogen (secondary N) is 1. The fourth-order valence-corrected chi connectivity index (χ4v) is 2.61. The van der Waals surface area contributed by atoms with E-state index < -0.39 is 42.4 Å². The number of hydrogen-bond acceptors (Lipinski definition) is 8. The van der Waals surface area contributed by atoms with Crippen LogP contribution in [0, 0.1) is 0 Å². The van der Waals surface area contributed by atoms with Crippen molar-refractivity contribution in [1.82, 2.24) is 19.1 Å². The van der Waals surface area contributed by atoms with E-state index in [4.69, 9.17) is 15.6 Å². The summed E-state index contributed by atoms with van der Waals surface area (Å²) >= 11 is 0. The number of H-pyrrole nitrogens is 1. The largest absolute Gasteiger partial charge is 0.394 e. The highest BCUT2D eigenvalue weighted by atomic mass is 16.6. The van der Waals surface area contributed by atoms with Crippen molar-refractivity contribution in [2.45, 2.75) is 24.5 Å². The lowest BCUT2D eigenvalue weighted by Crippen LogP contribution is -2.35. The Bertz CT molecular complexity index is 838. The summed E-state index contributed by atoms with van der Waals surface area (Å²) in [6.07, 6.45) is -5.20. The quantitative estimate of drug-likeness (QED) is 0.382. The Morgan fingerprint density at radius 3 is 2.64 bits per heavy atom. The van der Waals surface area contributed by atoms with Crippen molar-refractivity contribution in [2.75, 3.05) is 12.3 Å². The molecule has 1 aliphatic heterocycles. The van der Waals surface area contributed by atoms with Gasteiger partial charge in [-0.05, 0) is 0 Å². The number of aromatic nitrogens is 4. The molecule has 0 radical (unpaired) electrons. The van der Waals surface area contributed by atoms with Gasteiger partial charge in [-0.1, -0.05) is 0 Å². The standard InChI is InChI=1S/C11H15N5O6/c1-15-4-7(13-10(12)14-8(4)20)16(11(15)21)9-6(19)5(18)3(2-17)22-9/h3,5-6,9,17-19H,2H2,1H3,(H3,12,13,14,20)/t3-,5+,6+,9+/m0/s1. The fraction of sp³-hybridized carbons (Fsp3) is 0.545. The lowest BCUT2D eigenvalue weighted by molar-refractivity contribution is -0.0527. The van der Waals surface area contributed by atoms with E-state index in [1.54, 1.807) is 0 Å². The summed E-state index contributed by atoms with van der Waals surface area (Å²) in [6, 6.07) is 0. The van der Waals surface area contributed by atoms with Crippen LogP contribution in [0.4, 0.5) is 5.95 Å². The number of nitrogens with two attached hydrogens (primary N) is 1. The van der Waals surface area contributed by atoms with E-state index in [2.05, 4.69) is 9.97 Å². The molecule has 2 aromatic rings. The smallest absolute Gasteiger partial charge is 0.332 e. The molecular weight excluding hydrogens is 298 g/mol. The van der Waals surface area contributed by atoms with E-state index in [0.717, 1.165) is 9.13 Å². The molecule has 0 aromatic carbocycles. The third-order valence-electron chi connectivity index (χ3n) is 3.72. The highest BCUT2D eigenvalue weighted by molar-refractivity contribution is 5.71. The van der Waals surface area contributed by atoms with Crippen LogP contribution in [0.3, 0.4) is 0 Å². The lowest BCUT2D eigenvalue weighted by atomic mass is 10.1. The summed E-state index contributed by atoms with van der Waals surface area (Å²) in [7, 11) is 1.36. The van der Waals surface area contributed by atoms with Gasteiger partial charge < -0.3 is 25.8 Å². The molecule has 1 fully saturated rings. The SMILES string of the molecule is Cn1c(=O)n([C@@H]2O[C@@H](CO)[C@@H](O)[C@H]2O)c2nc(N)[nH]c(=O)c21. The van der Waals surface area contributed by atoms with Gasteiger partial charge in [0.25, 0.3) is 5.56 Å². The zero-order chi connectivity index (χ0) is 16.2. The number of aliphatic hydroxyl groups is 3. The third kappa shape index (κ3) is 1.87. The fourth-order valence-electron chi connectivity index (χ4n) is 2.61. The molecule has 1 aliphatic rings. The van der Waals surface area contributed by atoms with Crippen LogP contribution in [-0.4, -0.2) is 59.3 Å². The summed E-state index contributed by atoms with van der Waals surface area (Å²) in [6.45, 7) is -0.537. The van der Waals surface area contributed by atoms with Crippen LogP contribution in [0.15, 0.2) is 9.59 Å². The molecule has 11 nitrogen and oxygen atoms in total. The second kappa shape index (κ2) is 4.91. The van der Waals surface area contributed by atoms with Crippen LogP contribution in [0.25, 0.3) is 11.2 Å². The first-order valence-electron chi connectivity index (χ1n) is 6.46. The van der Waals surface area contributed by atoms with Crippen molar-refractivity contribution >= 4 is 17.1 Å². The molecular formula is C11H15N5O6. The van der Waals surface area contributed by atoms with Crippen molar-refractivity contribution in [2.24, 2.45) is 7.05 Å². The zero-order valence-electron chi connectivity index (χ0n) is 11.5. The molecule has 0 saturated carbocycles. The molecule has 0 unspecified atom stereocenters. The number of nitrogen functional groups attached to an aromatic ring is 1. The molecule has 120 valence electrons. The molecule has 3 rings (SSSR count). The Hall–Kier alpha value is -2.21. The molecule has 0 bridgehead atoms. The van der Waals surface area contributed by atoms with E-state index in [1.807, 2.05) is 0 Å². The number of ether oxygens (including phenoxy) is 1. The Morgan fingerprint density at radius 2 is 2.05 bits per heavy atom. The van der Waals surface area contributed by atoms with E-state index in [9.17, 15) is 19.8 Å². The van der Waals surface area contributed by atoms with Crippen LogP contribution in [-0.2, 0) is 11.8 Å². The maximum absolute atomic E-state index is 12.3. The lowest BCUT2D eigenvalue weighted by Gasteiger charge is -2.15. The summed E-state index contributed by atoms with van der Waals surface area (Å²) in [4.78, 5) is 30.4. The number of hydrogen-bond donors (Lipinski definition) is 5. The maximum atomic E-state index is 12.3. The van der Waals surface area contributed by atoms with Crippen molar-refractivity contribution in [3.63, 3.8) is 0 Å². The average Bonchev–Trinajstić information content (AvgIpc) is 2.87. The van der Waals surface area contributed by atoms with Gasteiger partial charge in [-0.15, -0.1) is 0 Å². The molecule has 0 amide bonds. The molecule has 22 heavy (non-hydrogen) atoms. The Morgan fingerprint density at radius 1 is 1.36 bits per heavy atom. The summed E-state index contributed by atoms with van der Waals surface area (Å²) in [5.41, 5.74) is 4.07. The number of aromatic amines is 1. The van der Waals surface area contributed by atoms with Gasteiger partial charge in [-0.2, -0.15) is 4.98 Å². The first-order valence-corrected chi connectivity index (χ1v) is 6.46. The van der Waals surface area contributed by atoms with Gasteiger partial charge in [0.15, 0.2) is 17.4 Å². The Kier molecular flexibility index (Phi) is 3.29. The number of anilines is 1. The predicted octanol–water partition coefficient (Wildman–Crippen LogP) is -3.38. The van der Waals surface area contributed by atoms with Crippen LogP contribution in [0.2, 0.25) is 0 Å². The number of rotatable bonds is 2. The number of aliphatic hydroxyl groups excluding tert-OH is 3.